The number of thiazole rings is 1. The van der Waals surface area contributed by atoms with Gasteiger partial charge < -0.3 is 9.64 Å². The first-order valence-electron chi connectivity index (χ1n) is 10.2. The van der Waals surface area contributed by atoms with Crippen LogP contribution in [-0.2, 0) is 28.9 Å². The molecule has 0 N–H and O–H groups in total. The van der Waals surface area contributed by atoms with Crippen molar-refractivity contribution in [2.24, 2.45) is 0 Å². The molecule has 0 unspecified atom stereocenters. The lowest BCUT2D eigenvalue weighted by molar-refractivity contribution is -0.140. The van der Waals surface area contributed by atoms with Gasteiger partial charge in [0.2, 0.25) is 0 Å². The molecular formula is C24H24N2O3S. The second-order valence-electron chi connectivity index (χ2n) is 7.41. The first-order valence-corrected chi connectivity index (χ1v) is 11.0. The van der Waals surface area contributed by atoms with Gasteiger partial charge in [0.05, 0.1) is 0 Å². The van der Waals surface area contributed by atoms with E-state index in [1.54, 1.807) is 17.2 Å². The van der Waals surface area contributed by atoms with Gasteiger partial charge in [0.1, 0.15) is 5.01 Å². The molecule has 2 aromatic carbocycles. The number of ether oxygens (including phenoxy) is 1. The highest BCUT2D eigenvalue weighted by atomic mass is 32.1. The Morgan fingerprint density at radius 1 is 1.13 bits per heavy atom. The van der Waals surface area contributed by atoms with Crippen molar-refractivity contribution in [3.8, 4) is 10.6 Å². The van der Waals surface area contributed by atoms with Gasteiger partial charge in [-0.25, -0.2) is 9.78 Å². The molecule has 0 spiro atoms. The highest BCUT2D eigenvalue weighted by Crippen LogP contribution is 2.25. The molecule has 3 aromatic rings. The molecular weight excluding hydrogens is 396 g/mol. The first-order chi connectivity index (χ1) is 14.5. The van der Waals surface area contributed by atoms with Crippen LogP contribution in [-0.4, -0.2) is 34.4 Å². The maximum absolute atomic E-state index is 12.8. The van der Waals surface area contributed by atoms with Gasteiger partial charge in [-0.2, -0.15) is 0 Å². The van der Waals surface area contributed by atoms with E-state index in [0.29, 0.717) is 13.1 Å². The number of rotatable bonds is 5. The van der Waals surface area contributed by atoms with E-state index in [4.69, 9.17) is 4.74 Å². The van der Waals surface area contributed by atoms with E-state index in [1.165, 1.54) is 22.5 Å². The molecule has 1 aromatic heterocycles. The topological polar surface area (TPSA) is 59.5 Å². The fourth-order valence-corrected chi connectivity index (χ4v) is 4.39. The average molecular weight is 421 g/mol. The lowest BCUT2D eigenvalue weighted by atomic mass is 9.99. The number of hydrogen-bond donors (Lipinski definition) is 0. The number of fused-ring (bicyclic) bond motifs is 1. The molecule has 0 saturated carbocycles. The van der Waals surface area contributed by atoms with Crippen LogP contribution in [0, 0.1) is 0 Å². The van der Waals surface area contributed by atoms with Crippen molar-refractivity contribution in [2.75, 3.05) is 6.54 Å². The summed E-state index contributed by atoms with van der Waals surface area (Å²) >= 11 is 1.39. The summed E-state index contributed by atoms with van der Waals surface area (Å²) in [5, 5.41) is 2.44. The molecule has 30 heavy (non-hydrogen) atoms. The molecule has 0 radical (unpaired) electrons. The summed E-state index contributed by atoms with van der Waals surface area (Å²) in [7, 11) is 0. The average Bonchev–Trinajstić information content (AvgIpc) is 3.28. The predicted molar refractivity (Wildman–Crippen MR) is 117 cm³/mol. The zero-order valence-corrected chi connectivity index (χ0v) is 17.9. The van der Waals surface area contributed by atoms with Gasteiger partial charge in [0.25, 0.3) is 5.91 Å². The summed E-state index contributed by atoms with van der Waals surface area (Å²) in [5.41, 5.74) is 4.87. The molecule has 5 nitrogen and oxygen atoms in total. The normalized spacial score (nSPS) is 14.1. The number of esters is 1. The monoisotopic (exact) mass is 420 g/mol. The van der Waals surface area contributed by atoms with Crippen molar-refractivity contribution in [1.82, 2.24) is 9.88 Å². The largest absolute Gasteiger partial charge is 0.448 e. The quantitative estimate of drug-likeness (QED) is 0.570. The van der Waals surface area contributed by atoms with Gasteiger partial charge in [-0.1, -0.05) is 55.5 Å². The third-order valence-electron chi connectivity index (χ3n) is 5.40. The molecule has 0 bridgehead atoms. The SMILES string of the molecule is CCc1ccc(-c2nc(C(=O)O[C@H](C)C(=O)N3CCc4ccccc4C3)cs2)cc1. The Balaban J connectivity index is 1.39. The number of carbonyl (C=O) groups is 2. The molecule has 1 aliphatic rings. The molecule has 0 aliphatic carbocycles. The van der Waals surface area contributed by atoms with Crippen molar-refractivity contribution in [3.05, 3.63) is 76.3 Å². The summed E-state index contributed by atoms with van der Waals surface area (Å²) in [6.45, 7) is 4.91. The van der Waals surface area contributed by atoms with E-state index < -0.39 is 12.1 Å². The molecule has 4 rings (SSSR count). The number of aromatic nitrogens is 1. The van der Waals surface area contributed by atoms with Gasteiger partial charge in [-0.05, 0) is 36.5 Å². The number of amides is 1. The Labute approximate surface area is 180 Å². The Morgan fingerprint density at radius 3 is 2.60 bits per heavy atom. The van der Waals surface area contributed by atoms with E-state index >= 15 is 0 Å². The summed E-state index contributed by atoms with van der Waals surface area (Å²) in [4.78, 5) is 31.5. The summed E-state index contributed by atoms with van der Waals surface area (Å²) < 4.78 is 5.44. The van der Waals surface area contributed by atoms with Crippen LogP contribution in [0.5, 0.6) is 0 Å². The van der Waals surface area contributed by atoms with E-state index in [-0.39, 0.29) is 11.6 Å². The fourth-order valence-electron chi connectivity index (χ4n) is 3.60. The summed E-state index contributed by atoms with van der Waals surface area (Å²) in [6, 6.07) is 16.3. The minimum absolute atomic E-state index is 0.177. The number of aryl methyl sites for hydroxylation is 1. The number of benzene rings is 2. The van der Waals surface area contributed by atoms with Gasteiger partial charge in [0, 0.05) is 24.0 Å². The zero-order chi connectivity index (χ0) is 21.1. The molecule has 0 fully saturated rings. The molecule has 6 heteroatoms. The summed E-state index contributed by atoms with van der Waals surface area (Å²) in [5.74, 6) is -0.746. The van der Waals surface area contributed by atoms with Crippen molar-refractivity contribution >= 4 is 23.2 Å². The van der Waals surface area contributed by atoms with Crippen LogP contribution >= 0.6 is 11.3 Å². The van der Waals surface area contributed by atoms with Gasteiger partial charge in [0.15, 0.2) is 11.8 Å². The minimum Gasteiger partial charge on any atom is -0.448 e. The second kappa shape index (κ2) is 8.79. The molecule has 1 aliphatic heterocycles. The van der Waals surface area contributed by atoms with Crippen LogP contribution in [0.25, 0.3) is 10.6 Å². The molecule has 0 saturated heterocycles. The Kier molecular flexibility index (Phi) is 5.95. The maximum atomic E-state index is 12.8. The van der Waals surface area contributed by atoms with E-state index in [9.17, 15) is 9.59 Å². The molecule has 1 atom stereocenters. The van der Waals surface area contributed by atoms with Crippen LogP contribution in [0.3, 0.4) is 0 Å². The highest BCUT2D eigenvalue weighted by Gasteiger charge is 2.28. The number of nitrogens with zero attached hydrogens (tertiary/aromatic N) is 2. The molecule has 154 valence electrons. The standard InChI is InChI=1S/C24H24N2O3S/c1-3-17-8-10-19(11-9-17)22-25-21(15-30-22)24(28)29-16(2)23(27)26-13-12-18-6-4-5-7-20(18)14-26/h4-11,15-16H,3,12-14H2,1-2H3/t16-/m1/s1. The number of hydrogen-bond acceptors (Lipinski definition) is 5. The van der Waals surface area contributed by atoms with Crippen LogP contribution in [0.1, 0.15) is 41.0 Å². The minimum atomic E-state index is -0.850. The maximum Gasteiger partial charge on any atom is 0.358 e. The Bertz CT molecular complexity index is 1060. The van der Waals surface area contributed by atoms with E-state index in [1.807, 2.05) is 30.3 Å². The fraction of sp³-hybridized carbons (Fsp3) is 0.292. The third kappa shape index (κ3) is 4.28. The lowest BCUT2D eigenvalue weighted by Crippen LogP contribution is -2.42. The van der Waals surface area contributed by atoms with Crippen molar-refractivity contribution in [3.63, 3.8) is 0 Å². The van der Waals surface area contributed by atoms with E-state index in [2.05, 4.69) is 30.1 Å². The highest BCUT2D eigenvalue weighted by molar-refractivity contribution is 7.13. The van der Waals surface area contributed by atoms with Crippen LogP contribution < -0.4 is 0 Å². The Hall–Kier alpha value is -2.99. The van der Waals surface area contributed by atoms with Gasteiger partial charge >= 0.3 is 5.97 Å². The smallest absolute Gasteiger partial charge is 0.358 e. The first kappa shape index (κ1) is 20.3. The predicted octanol–water partition coefficient (Wildman–Crippen LogP) is 4.50. The lowest BCUT2D eigenvalue weighted by Gasteiger charge is -2.30. The van der Waals surface area contributed by atoms with Crippen molar-refractivity contribution in [1.29, 1.82) is 0 Å². The second-order valence-corrected chi connectivity index (χ2v) is 8.27. The number of carbonyl (C=O) groups excluding carboxylic acids is 2. The Morgan fingerprint density at radius 2 is 1.87 bits per heavy atom. The van der Waals surface area contributed by atoms with Crippen LogP contribution in [0.15, 0.2) is 53.9 Å². The van der Waals surface area contributed by atoms with Gasteiger partial charge in [-0.15, -0.1) is 11.3 Å². The molecule has 1 amide bonds. The van der Waals surface area contributed by atoms with Crippen LogP contribution in [0.4, 0.5) is 0 Å². The summed E-state index contributed by atoms with van der Waals surface area (Å²) in [6.07, 6.45) is 0.941. The van der Waals surface area contributed by atoms with E-state index in [0.717, 1.165) is 29.0 Å². The van der Waals surface area contributed by atoms with Crippen LogP contribution in [0.2, 0.25) is 0 Å². The van der Waals surface area contributed by atoms with Crippen molar-refractivity contribution in [2.45, 2.75) is 39.3 Å². The van der Waals surface area contributed by atoms with Gasteiger partial charge in [-0.3, -0.25) is 4.79 Å². The third-order valence-corrected chi connectivity index (χ3v) is 6.29. The zero-order valence-electron chi connectivity index (χ0n) is 17.1. The molecule has 2 heterocycles. The van der Waals surface area contributed by atoms with Crippen molar-refractivity contribution < 1.29 is 14.3 Å².